The SMILES string of the molecule is CC(C)N(C)S(=O)(=O)NC1(CBr)CC1. The van der Waals surface area contributed by atoms with Crippen molar-refractivity contribution < 1.29 is 8.42 Å². The predicted octanol–water partition coefficient (Wildman–Crippen LogP) is 1.09. The highest BCUT2D eigenvalue weighted by Gasteiger charge is 2.45. The van der Waals surface area contributed by atoms with E-state index in [-0.39, 0.29) is 11.6 Å². The zero-order chi connectivity index (χ0) is 11.0. The predicted molar refractivity (Wildman–Crippen MR) is 60.7 cm³/mol. The molecule has 0 aliphatic heterocycles. The van der Waals surface area contributed by atoms with Crippen LogP contribution in [0.15, 0.2) is 0 Å². The highest BCUT2D eigenvalue weighted by Crippen LogP contribution is 2.37. The van der Waals surface area contributed by atoms with Crippen molar-refractivity contribution in [2.24, 2.45) is 0 Å². The molecule has 0 aromatic rings. The molecule has 0 heterocycles. The Kier molecular flexibility index (Phi) is 3.62. The Morgan fingerprint density at radius 3 is 2.29 bits per heavy atom. The van der Waals surface area contributed by atoms with Crippen LogP contribution in [-0.4, -0.2) is 36.7 Å². The second-order valence-electron chi connectivity index (χ2n) is 4.13. The van der Waals surface area contributed by atoms with Gasteiger partial charge in [-0.15, -0.1) is 0 Å². The lowest BCUT2D eigenvalue weighted by atomic mass is 10.4. The topological polar surface area (TPSA) is 49.4 Å². The molecule has 0 bridgehead atoms. The van der Waals surface area contributed by atoms with Gasteiger partial charge in [0.25, 0.3) is 10.2 Å². The minimum absolute atomic E-state index is 0.0152. The lowest BCUT2D eigenvalue weighted by Crippen LogP contribution is -2.48. The van der Waals surface area contributed by atoms with Gasteiger partial charge in [0.15, 0.2) is 0 Å². The second kappa shape index (κ2) is 4.08. The number of hydrogen-bond donors (Lipinski definition) is 1. The molecular weight excluding hydrogens is 268 g/mol. The number of alkyl halides is 1. The number of nitrogens with one attached hydrogen (secondary N) is 1. The Balaban J connectivity index is 2.67. The van der Waals surface area contributed by atoms with Crippen LogP contribution in [0.1, 0.15) is 26.7 Å². The highest BCUT2D eigenvalue weighted by molar-refractivity contribution is 9.09. The van der Waals surface area contributed by atoms with Gasteiger partial charge in [-0.3, -0.25) is 0 Å². The molecule has 1 aliphatic rings. The fourth-order valence-corrected chi connectivity index (χ4v) is 3.45. The van der Waals surface area contributed by atoms with E-state index in [9.17, 15) is 8.42 Å². The van der Waals surface area contributed by atoms with Gasteiger partial charge in [-0.2, -0.15) is 17.4 Å². The molecule has 0 unspecified atom stereocenters. The van der Waals surface area contributed by atoms with Crippen LogP contribution in [0, 0.1) is 0 Å². The van der Waals surface area contributed by atoms with Gasteiger partial charge in [-0.25, -0.2) is 0 Å². The van der Waals surface area contributed by atoms with Gasteiger partial charge in [0.2, 0.25) is 0 Å². The molecule has 84 valence electrons. The molecule has 0 radical (unpaired) electrons. The average Bonchev–Trinajstić information content (AvgIpc) is 2.83. The number of rotatable bonds is 5. The van der Waals surface area contributed by atoms with Gasteiger partial charge in [0.05, 0.1) is 0 Å². The Bertz CT molecular complexity index is 298. The summed E-state index contributed by atoms with van der Waals surface area (Å²) in [6.45, 7) is 3.71. The Labute approximate surface area is 94.4 Å². The van der Waals surface area contributed by atoms with Crippen molar-refractivity contribution in [3.05, 3.63) is 0 Å². The minimum Gasteiger partial charge on any atom is -0.195 e. The van der Waals surface area contributed by atoms with Crippen molar-refractivity contribution in [2.45, 2.75) is 38.3 Å². The van der Waals surface area contributed by atoms with E-state index in [1.165, 1.54) is 4.31 Å². The molecule has 0 aromatic carbocycles. The van der Waals surface area contributed by atoms with Gasteiger partial charge in [-0.1, -0.05) is 15.9 Å². The summed E-state index contributed by atoms with van der Waals surface area (Å²) in [5.74, 6) is 0. The molecule has 1 saturated carbocycles. The summed E-state index contributed by atoms with van der Waals surface area (Å²) in [5, 5.41) is 0.686. The molecule has 14 heavy (non-hydrogen) atoms. The van der Waals surface area contributed by atoms with E-state index in [0.717, 1.165) is 12.8 Å². The first-order valence-electron chi connectivity index (χ1n) is 4.66. The van der Waals surface area contributed by atoms with Crippen molar-refractivity contribution >= 4 is 26.1 Å². The third-order valence-electron chi connectivity index (χ3n) is 2.56. The number of nitrogens with zero attached hydrogens (tertiary/aromatic N) is 1. The summed E-state index contributed by atoms with van der Waals surface area (Å²) in [5.41, 5.74) is -0.220. The summed E-state index contributed by atoms with van der Waals surface area (Å²) in [6, 6.07) is -0.0152. The summed E-state index contributed by atoms with van der Waals surface area (Å²) in [7, 11) is -1.72. The van der Waals surface area contributed by atoms with Crippen LogP contribution in [0.2, 0.25) is 0 Å². The molecule has 1 rings (SSSR count). The molecular formula is C8H17BrN2O2S. The summed E-state index contributed by atoms with van der Waals surface area (Å²) in [4.78, 5) is 0. The van der Waals surface area contributed by atoms with Crippen LogP contribution < -0.4 is 4.72 Å². The minimum atomic E-state index is -3.31. The van der Waals surface area contributed by atoms with Crippen molar-refractivity contribution in [1.29, 1.82) is 0 Å². The van der Waals surface area contributed by atoms with E-state index in [0.29, 0.717) is 5.33 Å². The van der Waals surface area contributed by atoms with E-state index in [4.69, 9.17) is 0 Å². The first kappa shape index (κ1) is 12.4. The summed E-state index contributed by atoms with van der Waals surface area (Å²) in [6.07, 6.45) is 1.84. The van der Waals surface area contributed by atoms with Crippen LogP contribution in [0.25, 0.3) is 0 Å². The van der Waals surface area contributed by atoms with E-state index >= 15 is 0 Å². The summed E-state index contributed by atoms with van der Waals surface area (Å²) >= 11 is 3.33. The quantitative estimate of drug-likeness (QED) is 0.769. The first-order valence-corrected chi connectivity index (χ1v) is 7.22. The van der Waals surface area contributed by atoms with E-state index in [1.54, 1.807) is 7.05 Å². The molecule has 0 amide bonds. The van der Waals surface area contributed by atoms with Gasteiger partial charge in [-0.05, 0) is 26.7 Å². The smallest absolute Gasteiger partial charge is 0.195 e. The molecule has 0 atom stereocenters. The van der Waals surface area contributed by atoms with Gasteiger partial charge in [0.1, 0.15) is 0 Å². The monoisotopic (exact) mass is 284 g/mol. The standard InChI is InChI=1S/C8H17BrN2O2S/c1-7(2)11(3)14(12,13)10-8(6-9)4-5-8/h7,10H,4-6H2,1-3H3. The van der Waals surface area contributed by atoms with Gasteiger partial charge < -0.3 is 0 Å². The number of hydrogen-bond acceptors (Lipinski definition) is 2. The normalized spacial score (nSPS) is 20.4. The Morgan fingerprint density at radius 1 is 1.50 bits per heavy atom. The Morgan fingerprint density at radius 2 is 2.00 bits per heavy atom. The molecule has 1 fully saturated rings. The number of halogens is 1. The molecule has 4 nitrogen and oxygen atoms in total. The molecule has 0 aromatic heterocycles. The third kappa shape index (κ3) is 2.68. The first-order chi connectivity index (χ1) is 6.33. The zero-order valence-electron chi connectivity index (χ0n) is 8.75. The van der Waals surface area contributed by atoms with E-state index in [2.05, 4.69) is 20.7 Å². The van der Waals surface area contributed by atoms with E-state index in [1.807, 2.05) is 13.8 Å². The average molecular weight is 285 g/mol. The van der Waals surface area contributed by atoms with Crippen LogP contribution in [0.3, 0.4) is 0 Å². The maximum atomic E-state index is 11.8. The van der Waals surface area contributed by atoms with E-state index < -0.39 is 10.2 Å². The van der Waals surface area contributed by atoms with Gasteiger partial charge in [0, 0.05) is 24.0 Å². The largest absolute Gasteiger partial charge is 0.279 e. The maximum Gasteiger partial charge on any atom is 0.279 e. The van der Waals surface area contributed by atoms with Crippen LogP contribution >= 0.6 is 15.9 Å². The molecule has 6 heteroatoms. The Hall–Kier alpha value is 0.350. The van der Waals surface area contributed by atoms with Crippen molar-refractivity contribution in [3.63, 3.8) is 0 Å². The van der Waals surface area contributed by atoms with Crippen LogP contribution in [0.5, 0.6) is 0 Å². The lowest BCUT2D eigenvalue weighted by Gasteiger charge is -2.24. The van der Waals surface area contributed by atoms with Crippen LogP contribution in [-0.2, 0) is 10.2 Å². The molecule has 0 spiro atoms. The third-order valence-corrected chi connectivity index (χ3v) is 5.51. The fourth-order valence-electron chi connectivity index (χ4n) is 1.04. The maximum absolute atomic E-state index is 11.8. The van der Waals surface area contributed by atoms with Crippen molar-refractivity contribution in [3.8, 4) is 0 Å². The molecule has 1 aliphatic carbocycles. The fraction of sp³-hybridized carbons (Fsp3) is 1.00. The molecule has 0 saturated heterocycles. The van der Waals surface area contributed by atoms with Gasteiger partial charge >= 0.3 is 0 Å². The highest BCUT2D eigenvalue weighted by atomic mass is 79.9. The summed E-state index contributed by atoms with van der Waals surface area (Å²) < 4.78 is 27.6. The van der Waals surface area contributed by atoms with Crippen LogP contribution in [0.4, 0.5) is 0 Å². The molecule has 1 N–H and O–H groups in total. The zero-order valence-corrected chi connectivity index (χ0v) is 11.2. The lowest BCUT2D eigenvalue weighted by molar-refractivity contribution is 0.396. The second-order valence-corrected chi connectivity index (χ2v) is 6.42. The van der Waals surface area contributed by atoms with Crippen molar-refractivity contribution in [2.75, 3.05) is 12.4 Å². The van der Waals surface area contributed by atoms with Crippen molar-refractivity contribution in [1.82, 2.24) is 9.03 Å².